The van der Waals surface area contributed by atoms with Gasteiger partial charge in [-0.1, -0.05) is 60.7 Å². The average molecular weight is 329 g/mol. The van der Waals surface area contributed by atoms with Gasteiger partial charge in [0.05, 0.1) is 0 Å². The molecule has 3 aromatic rings. The zero-order valence-electron chi connectivity index (χ0n) is 12.9. The minimum Gasteiger partial charge on any atom is -0.344 e. The summed E-state index contributed by atoms with van der Waals surface area (Å²) in [6.07, 6.45) is 0.415. The molecule has 0 aliphatic heterocycles. The van der Waals surface area contributed by atoms with Crippen molar-refractivity contribution < 1.29 is 13.0 Å². The maximum absolute atomic E-state index is 11.9. The highest BCUT2D eigenvalue weighted by atomic mass is 32.2. The maximum atomic E-state index is 11.9. The van der Waals surface area contributed by atoms with E-state index in [4.69, 9.17) is 0 Å². The van der Waals surface area contributed by atoms with E-state index in [9.17, 15) is 13.0 Å². The van der Waals surface area contributed by atoms with Crippen molar-refractivity contribution >= 4 is 31.7 Å². The van der Waals surface area contributed by atoms with E-state index in [1.807, 2.05) is 43.3 Å². The number of benzene rings is 3. The zero-order valence-corrected chi connectivity index (χ0v) is 13.7. The molecule has 0 bridgehead atoms. The van der Waals surface area contributed by atoms with Crippen molar-refractivity contribution in [3.8, 4) is 0 Å². The Morgan fingerprint density at radius 2 is 1.65 bits per heavy atom. The Labute approximate surface area is 135 Å². The van der Waals surface area contributed by atoms with Crippen LogP contribution in [0.4, 0.5) is 0 Å². The third-order valence-electron chi connectivity index (χ3n) is 3.71. The van der Waals surface area contributed by atoms with Gasteiger partial charge in [-0.2, -0.15) is 8.42 Å². The third kappa shape index (κ3) is 3.12. The van der Waals surface area contributed by atoms with E-state index >= 15 is 0 Å². The number of allylic oxidation sites excluding steroid dienone is 1. The molecular formula is C18H19NO3S. The van der Waals surface area contributed by atoms with Crippen molar-refractivity contribution in [2.24, 2.45) is 0 Å². The first kappa shape index (κ1) is 17.1. The van der Waals surface area contributed by atoms with Crippen LogP contribution in [0.15, 0.2) is 65.6 Å². The zero-order chi connectivity index (χ0) is 15.9. The van der Waals surface area contributed by atoms with Gasteiger partial charge in [0, 0.05) is 5.39 Å². The van der Waals surface area contributed by atoms with Crippen molar-refractivity contribution in [3.63, 3.8) is 0 Å². The molecule has 0 saturated carbocycles. The van der Waals surface area contributed by atoms with Crippen LogP contribution in [0.3, 0.4) is 0 Å². The van der Waals surface area contributed by atoms with Crippen LogP contribution in [0.1, 0.15) is 12.5 Å². The van der Waals surface area contributed by atoms with E-state index in [0.717, 1.165) is 21.7 Å². The van der Waals surface area contributed by atoms with Gasteiger partial charge in [-0.15, -0.1) is 0 Å². The Morgan fingerprint density at radius 1 is 1.00 bits per heavy atom. The molecule has 0 spiro atoms. The summed E-state index contributed by atoms with van der Waals surface area (Å²) in [5.74, 6) is 0. The number of hydrogen-bond donors (Lipinski definition) is 2. The first-order valence-corrected chi connectivity index (χ1v) is 8.37. The topological polar surface area (TPSA) is 89.4 Å². The lowest BCUT2D eigenvalue weighted by Gasteiger charge is -2.12. The minimum atomic E-state index is -4.32. The van der Waals surface area contributed by atoms with E-state index in [1.165, 1.54) is 0 Å². The SMILES string of the molecule is C=C(C)Cc1ccc2c(ccc3ccccc32)c1S(=O)(=O)O.N. The van der Waals surface area contributed by atoms with Gasteiger partial charge >= 0.3 is 0 Å². The normalized spacial score (nSPS) is 11.4. The van der Waals surface area contributed by atoms with Gasteiger partial charge in [0.1, 0.15) is 4.90 Å². The fourth-order valence-corrected chi connectivity index (χ4v) is 3.80. The Bertz CT molecular complexity index is 1010. The Kier molecular flexibility index (Phi) is 4.56. The predicted molar refractivity (Wildman–Crippen MR) is 94.8 cm³/mol. The van der Waals surface area contributed by atoms with Gasteiger partial charge in [-0.05, 0) is 35.1 Å². The Hall–Kier alpha value is -2.21. The predicted octanol–water partition coefficient (Wildman–Crippen LogP) is 4.52. The first-order chi connectivity index (χ1) is 10.4. The van der Waals surface area contributed by atoms with Gasteiger partial charge in [0.15, 0.2) is 0 Å². The van der Waals surface area contributed by atoms with E-state index in [2.05, 4.69) is 6.58 Å². The summed E-state index contributed by atoms with van der Waals surface area (Å²) < 4.78 is 33.5. The van der Waals surface area contributed by atoms with Crippen molar-refractivity contribution in [1.29, 1.82) is 0 Å². The standard InChI is InChI=1S/C18H16O3S.H3N/c1-12(2)11-14-8-9-16-15-6-4-3-5-13(15)7-10-17(16)18(14)22(19,20)21;/h3-10H,1,11H2,2H3,(H,19,20,21);1H3. The summed E-state index contributed by atoms with van der Waals surface area (Å²) in [5, 5.41) is 3.35. The Balaban J connectivity index is 0.00000192. The molecule has 4 nitrogen and oxygen atoms in total. The second kappa shape index (κ2) is 6.12. The van der Waals surface area contributed by atoms with E-state index in [0.29, 0.717) is 17.4 Å². The first-order valence-electron chi connectivity index (χ1n) is 6.93. The summed E-state index contributed by atoms with van der Waals surface area (Å²) in [7, 11) is -4.32. The molecule has 0 aromatic heterocycles. The minimum absolute atomic E-state index is 0. The fraction of sp³-hybridized carbons (Fsp3) is 0.111. The summed E-state index contributed by atoms with van der Waals surface area (Å²) in [4.78, 5) is -0.0150. The molecule has 0 amide bonds. The molecule has 5 heteroatoms. The molecule has 23 heavy (non-hydrogen) atoms. The summed E-state index contributed by atoms with van der Waals surface area (Å²) in [6, 6.07) is 15.1. The molecule has 0 unspecified atom stereocenters. The van der Waals surface area contributed by atoms with Crippen molar-refractivity contribution in [2.75, 3.05) is 0 Å². The van der Waals surface area contributed by atoms with Gasteiger partial charge < -0.3 is 6.15 Å². The molecule has 0 saturated heterocycles. The lowest BCUT2D eigenvalue weighted by molar-refractivity contribution is 0.483. The molecule has 0 aliphatic carbocycles. The molecule has 120 valence electrons. The van der Waals surface area contributed by atoms with Gasteiger partial charge in [0.25, 0.3) is 10.1 Å². The van der Waals surface area contributed by atoms with E-state index in [1.54, 1.807) is 12.1 Å². The lowest BCUT2D eigenvalue weighted by Crippen LogP contribution is -2.05. The van der Waals surface area contributed by atoms with Crippen LogP contribution < -0.4 is 6.15 Å². The largest absolute Gasteiger partial charge is 0.344 e. The smallest absolute Gasteiger partial charge is 0.295 e. The van der Waals surface area contributed by atoms with Crippen LogP contribution in [0.5, 0.6) is 0 Å². The monoisotopic (exact) mass is 329 g/mol. The second-order valence-electron chi connectivity index (χ2n) is 5.54. The molecule has 3 aromatic carbocycles. The molecule has 0 radical (unpaired) electrons. The molecule has 0 aliphatic rings. The highest BCUT2D eigenvalue weighted by Gasteiger charge is 2.20. The summed E-state index contributed by atoms with van der Waals surface area (Å²) in [5.41, 5.74) is 1.41. The highest BCUT2D eigenvalue weighted by molar-refractivity contribution is 7.86. The van der Waals surface area contributed by atoms with Crippen LogP contribution >= 0.6 is 0 Å². The van der Waals surface area contributed by atoms with E-state index < -0.39 is 10.1 Å². The molecule has 3 rings (SSSR count). The highest BCUT2D eigenvalue weighted by Crippen LogP contribution is 2.32. The van der Waals surface area contributed by atoms with Crippen LogP contribution in [-0.2, 0) is 16.5 Å². The maximum Gasteiger partial charge on any atom is 0.295 e. The average Bonchev–Trinajstić information content (AvgIpc) is 2.44. The van der Waals surface area contributed by atoms with Gasteiger partial charge in [-0.25, -0.2) is 0 Å². The third-order valence-corrected chi connectivity index (χ3v) is 4.71. The molecular weight excluding hydrogens is 310 g/mol. The quantitative estimate of drug-likeness (QED) is 0.420. The van der Waals surface area contributed by atoms with Crippen LogP contribution in [0, 0.1) is 0 Å². The second-order valence-corrected chi connectivity index (χ2v) is 6.90. The van der Waals surface area contributed by atoms with Crippen LogP contribution in [0.2, 0.25) is 0 Å². The van der Waals surface area contributed by atoms with Crippen LogP contribution in [-0.4, -0.2) is 13.0 Å². The van der Waals surface area contributed by atoms with Crippen molar-refractivity contribution in [1.82, 2.24) is 6.15 Å². The van der Waals surface area contributed by atoms with Gasteiger partial charge in [0.2, 0.25) is 0 Å². The van der Waals surface area contributed by atoms with Crippen molar-refractivity contribution in [3.05, 3.63) is 66.2 Å². The van der Waals surface area contributed by atoms with Gasteiger partial charge in [-0.3, -0.25) is 4.55 Å². The summed E-state index contributed by atoms with van der Waals surface area (Å²) in [6.45, 7) is 5.66. The number of rotatable bonds is 3. The van der Waals surface area contributed by atoms with E-state index in [-0.39, 0.29) is 11.0 Å². The molecule has 0 atom stereocenters. The number of hydrogen-bond acceptors (Lipinski definition) is 3. The molecule has 0 heterocycles. The van der Waals surface area contributed by atoms with Crippen molar-refractivity contribution in [2.45, 2.75) is 18.2 Å². The number of fused-ring (bicyclic) bond motifs is 3. The fourth-order valence-electron chi connectivity index (χ4n) is 2.87. The molecule has 4 N–H and O–H groups in total. The van der Waals surface area contributed by atoms with Crippen LogP contribution in [0.25, 0.3) is 21.5 Å². The molecule has 0 fully saturated rings. The lowest BCUT2D eigenvalue weighted by atomic mass is 9.98. The summed E-state index contributed by atoms with van der Waals surface area (Å²) >= 11 is 0. The Morgan fingerprint density at radius 3 is 2.30 bits per heavy atom.